The molecule has 1 amide bonds. The fourth-order valence-corrected chi connectivity index (χ4v) is 5.03. The van der Waals surface area contributed by atoms with Crippen LogP contribution in [0.25, 0.3) is 11.5 Å². The van der Waals surface area contributed by atoms with E-state index in [0.29, 0.717) is 68.0 Å². The minimum absolute atomic E-state index is 0.0737. The number of furan rings is 1. The van der Waals surface area contributed by atoms with Crippen molar-refractivity contribution in [1.29, 1.82) is 5.26 Å². The van der Waals surface area contributed by atoms with Crippen molar-refractivity contribution < 1.29 is 13.9 Å². The number of carbonyl (C=O) groups is 1. The summed E-state index contributed by atoms with van der Waals surface area (Å²) < 4.78 is 11.7. The third-order valence-corrected chi connectivity index (χ3v) is 6.88. The Balaban J connectivity index is 1.38. The third-order valence-electron chi connectivity index (χ3n) is 6.19. The smallest absolute Gasteiger partial charge is 0.240 e. The average molecular weight is 479 g/mol. The molecule has 0 atom stereocenters. The van der Waals surface area contributed by atoms with Crippen molar-refractivity contribution in [2.45, 2.75) is 32.5 Å². The molecule has 10 heteroatoms. The number of nitrogens with zero attached hydrogens (tertiary/aromatic N) is 5. The number of carbonyl (C=O) groups excluding carboxylic acids is 1. The van der Waals surface area contributed by atoms with Crippen LogP contribution in [0.4, 0.5) is 10.9 Å². The van der Waals surface area contributed by atoms with Crippen LogP contribution in [0.3, 0.4) is 0 Å². The van der Waals surface area contributed by atoms with Gasteiger partial charge in [-0.2, -0.15) is 5.26 Å². The van der Waals surface area contributed by atoms with E-state index in [1.165, 1.54) is 11.3 Å². The van der Waals surface area contributed by atoms with Crippen LogP contribution in [0.1, 0.15) is 30.5 Å². The van der Waals surface area contributed by atoms with Gasteiger partial charge in [-0.15, -0.1) is 11.3 Å². The fourth-order valence-electron chi connectivity index (χ4n) is 4.48. The number of nitriles is 1. The van der Waals surface area contributed by atoms with Gasteiger partial charge in [0.25, 0.3) is 0 Å². The number of amides is 1. The van der Waals surface area contributed by atoms with Crippen molar-refractivity contribution in [2.24, 2.45) is 0 Å². The molecular weight excluding hydrogens is 452 g/mol. The number of hydrogen-bond acceptors (Lipinski definition) is 9. The molecule has 2 aliphatic rings. The number of nitrogens with one attached hydrogen (secondary N) is 1. The highest BCUT2D eigenvalue weighted by Gasteiger charge is 2.34. The summed E-state index contributed by atoms with van der Waals surface area (Å²) in [5.74, 6) is 1.27. The summed E-state index contributed by atoms with van der Waals surface area (Å²) in [7, 11) is 0. The number of hydrogen-bond donors (Lipinski definition) is 1. The normalized spacial score (nSPS) is 17.7. The Hall–Kier alpha value is -3.26. The molecule has 3 aromatic heterocycles. The number of fused-ring (bicyclic) bond motifs is 1. The first-order chi connectivity index (χ1) is 16.4. The van der Waals surface area contributed by atoms with Gasteiger partial charge in [-0.3, -0.25) is 9.69 Å². The Morgan fingerprint density at radius 2 is 2.12 bits per heavy atom. The molecule has 2 aliphatic heterocycles. The van der Waals surface area contributed by atoms with Gasteiger partial charge in [0, 0.05) is 49.7 Å². The molecule has 34 heavy (non-hydrogen) atoms. The van der Waals surface area contributed by atoms with Gasteiger partial charge < -0.3 is 19.4 Å². The number of ether oxygens (including phenoxy) is 1. The summed E-state index contributed by atoms with van der Waals surface area (Å²) >= 11 is 1.40. The Labute approximate surface area is 202 Å². The van der Waals surface area contributed by atoms with Gasteiger partial charge in [0.1, 0.15) is 17.6 Å². The first-order valence-corrected chi connectivity index (χ1v) is 12.1. The molecular formula is C24H26N6O3S. The summed E-state index contributed by atoms with van der Waals surface area (Å²) in [4.78, 5) is 25.6. The van der Waals surface area contributed by atoms with E-state index in [1.807, 2.05) is 31.4 Å². The molecule has 1 N–H and O–H groups in total. The zero-order chi connectivity index (χ0) is 23.7. The van der Waals surface area contributed by atoms with Crippen LogP contribution in [0.2, 0.25) is 0 Å². The van der Waals surface area contributed by atoms with Crippen molar-refractivity contribution in [1.82, 2.24) is 14.9 Å². The van der Waals surface area contributed by atoms with Gasteiger partial charge in [-0.25, -0.2) is 9.97 Å². The minimum Gasteiger partial charge on any atom is -0.463 e. The van der Waals surface area contributed by atoms with E-state index in [2.05, 4.69) is 26.2 Å². The van der Waals surface area contributed by atoms with Gasteiger partial charge in [0.05, 0.1) is 30.6 Å². The van der Waals surface area contributed by atoms with E-state index >= 15 is 0 Å². The molecule has 0 aromatic carbocycles. The molecule has 0 bridgehead atoms. The Bertz CT molecular complexity index is 1210. The molecule has 5 heterocycles. The summed E-state index contributed by atoms with van der Waals surface area (Å²) in [5.41, 5.74) is 2.89. The summed E-state index contributed by atoms with van der Waals surface area (Å²) in [5, 5.41) is 15.4. The van der Waals surface area contributed by atoms with Gasteiger partial charge >= 0.3 is 0 Å². The highest BCUT2D eigenvalue weighted by molar-refractivity contribution is 7.13. The quantitative estimate of drug-likeness (QED) is 0.595. The summed E-state index contributed by atoms with van der Waals surface area (Å²) in [6.45, 7) is 7.50. The lowest BCUT2D eigenvalue weighted by Gasteiger charge is -2.38. The van der Waals surface area contributed by atoms with Gasteiger partial charge in [-0.1, -0.05) is 0 Å². The first kappa shape index (κ1) is 22.5. The average Bonchev–Trinajstić information content (AvgIpc) is 3.52. The number of pyridine rings is 1. The predicted octanol–water partition coefficient (Wildman–Crippen LogP) is 3.28. The second-order valence-electron chi connectivity index (χ2n) is 9.08. The Kier molecular flexibility index (Phi) is 6.08. The molecule has 1 fully saturated rings. The molecule has 0 spiro atoms. The number of aromatic nitrogens is 2. The predicted molar refractivity (Wildman–Crippen MR) is 129 cm³/mol. The molecule has 0 unspecified atom stereocenters. The Morgan fingerprint density at radius 3 is 2.79 bits per heavy atom. The Morgan fingerprint density at radius 1 is 1.29 bits per heavy atom. The zero-order valence-corrected chi connectivity index (χ0v) is 20.0. The molecule has 1 saturated heterocycles. The zero-order valence-electron chi connectivity index (χ0n) is 19.2. The number of rotatable bonds is 5. The van der Waals surface area contributed by atoms with Crippen LogP contribution in [-0.2, 0) is 22.6 Å². The van der Waals surface area contributed by atoms with E-state index in [-0.39, 0.29) is 11.5 Å². The lowest BCUT2D eigenvalue weighted by atomic mass is 9.87. The van der Waals surface area contributed by atoms with Crippen molar-refractivity contribution in [3.8, 4) is 17.5 Å². The SMILES string of the molecule is CC1(C)Cc2c(C#N)c(N3CCN(CC(=O)Nc4nccs4)CC3)nc(-c3ccco3)c2CO1. The standard InChI is InChI=1S/C24H26N6O3S/c1-24(2)12-16-17(13-25)22(28-21(18(16)15-33-24)19-4-3-10-32-19)30-8-6-29(7-9-30)14-20(31)27-23-26-5-11-34-23/h3-5,10-11H,6-9,12,14-15H2,1-2H3,(H,26,27,31). The fraction of sp³-hybridized carbons (Fsp3) is 0.417. The molecule has 0 radical (unpaired) electrons. The van der Waals surface area contributed by atoms with Crippen LogP contribution in [0.5, 0.6) is 0 Å². The minimum atomic E-state index is -0.360. The van der Waals surface area contributed by atoms with Crippen LogP contribution in [0, 0.1) is 11.3 Å². The topological polar surface area (TPSA) is 108 Å². The summed E-state index contributed by atoms with van der Waals surface area (Å²) in [6, 6.07) is 6.15. The summed E-state index contributed by atoms with van der Waals surface area (Å²) in [6.07, 6.45) is 3.93. The lowest BCUT2D eigenvalue weighted by Crippen LogP contribution is -2.49. The van der Waals surface area contributed by atoms with E-state index in [9.17, 15) is 10.1 Å². The second-order valence-corrected chi connectivity index (χ2v) is 9.97. The van der Waals surface area contributed by atoms with Crippen LogP contribution >= 0.6 is 11.3 Å². The van der Waals surface area contributed by atoms with Crippen molar-refractivity contribution in [3.05, 3.63) is 46.7 Å². The molecule has 176 valence electrons. The lowest BCUT2D eigenvalue weighted by molar-refractivity contribution is -0.117. The molecule has 9 nitrogen and oxygen atoms in total. The van der Waals surface area contributed by atoms with E-state index < -0.39 is 0 Å². The molecule has 3 aromatic rings. The highest BCUT2D eigenvalue weighted by atomic mass is 32.1. The first-order valence-electron chi connectivity index (χ1n) is 11.2. The largest absolute Gasteiger partial charge is 0.463 e. The van der Waals surface area contributed by atoms with Gasteiger partial charge in [0.15, 0.2) is 10.9 Å². The monoisotopic (exact) mass is 478 g/mol. The van der Waals surface area contributed by atoms with Crippen LogP contribution in [0.15, 0.2) is 34.4 Å². The van der Waals surface area contributed by atoms with Gasteiger partial charge in [-0.05, 0) is 31.5 Å². The maximum Gasteiger partial charge on any atom is 0.240 e. The van der Waals surface area contributed by atoms with Crippen LogP contribution in [-0.4, -0.2) is 59.1 Å². The van der Waals surface area contributed by atoms with Crippen LogP contribution < -0.4 is 10.2 Å². The number of thiazole rings is 1. The number of anilines is 2. The van der Waals surface area contributed by atoms with Crippen molar-refractivity contribution in [3.63, 3.8) is 0 Å². The van der Waals surface area contributed by atoms with Crippen molar-refractivity contribution in [2.75, 3.05) is 42.9 Å². The number of piperazine rings is 1. The van der Waals surface area contributed by atoms with Gasteiger partial charge in [0.2, 0.25) is 5.91 Å². The maximum atomic E-state index is 12.4. The molecule has 0 aliphatic carbocycles. The maximum absolute atomic E-state index is 12.4. The van der Waals surface area contributed by atoms with E-state index in [0.717, 1.165) is 16.8 Å². The van der Waals surface area contributed by atoms with E-state index in [4.69, 9.17) is 14.1 Å². The molecule has 0 saturated carbocycles. The highest BCUT2D eigenvalue weighted by Crippen LogP contribution is 2.39. The van der Waals surface area contributed by atoms with E-state index in [1.54, 1.807) is 12.5 Å². The molecule has 5 rings (SSSR count). The second kappa shape index (κ2) is 9.18. The third kappa shape index (κ3) is 4.55. The van der Waals surface area contributed by atoms with Crippen molar-refractivity contribution >= 4 is 28.2 Å².